The van der Waals surface area contributed by atoms with Crippen molar-refractivity contribution in [3.8, 4) is 0 Å². The van der Waals surface area contributed by atoms with Gasteiger partial charge in [0.25, 0.3) is 10.0 Å². The van der Waals surface area contributed by atoms with Crippen molar-refractivity contribution < 1.29 is 21.2 Å². The Morgan fingerprint density at radius 3 is 2.79 bits per heavy atom. The Hall–Kier alpha value is -1.06. The molecular formula is C10H13FN2O4S2. The lowest BCUT2D eigenvalue weighted by molar-refractivity contribution is 0.525. The molecule has 106 valence electrons. The summed E-state index contributed by atoms with van der Waals surface area (Å²) < 4.78 is 61.6. The second-order valence-corrected chi connectivity index (χ2v) is 8.32. The van der Waals surface area contributed by atoms with Crippen LogP contribution in [0.3, 0.4) is 0 Å². The minimum absolute atomic E-state index is 0.0302. The highest BCUT2D eigenvalue weighted by molar-refractivity contribution is 7.91. The lowest BCUT2D eigenvalue weighted by Crippen LogP contribution is -2.31. The minimum atomic E-state index is -4.05. The minimum Gasteiger partial charge on any atom is -0.241 e. The van der Waals surface area contributed by atoms with Gasteiger partial charge >= 0.3 is 0 Å². The third-order valence-corrected chi connectivity index (χ3v) is 6.06. The van der Waals surface area contributed by atoms with Crippen LogP contribution in [-0.4, -0.2) is 39.9 Å². The number of sulfone groups is 1. The summed E-state index contributed by atoms with van der Waals surface area (Å²) in [5, 5.41) is -0.671. The number of hydrogen-bond donors (Lipinski definition) is 1. The predicted octanol–water partition coefficient (Wildman–Crippen LogP) is -0.0663. The number of hydrogen-bond acceptors (Lipinski definition) is 5. The van der Waals surface area contributed by atoms with Gasteiger partial charge in [0.2, 0.25) is 5.03 Å². The largest absolute Gasteiger partial charge is 0.261 e. The first-order valence-corrected chi connectivity index (χ1v) is 8.91. The molecule has 0 saturated carbocycles. The van der Waals surface area contributed by atoms with E-state index in [0.717, 1.165) is 6.07 Å². The van der Waals surface area contributed by atoms with Crippen molar-refractivity contribution in [2.75, 3.05) is 18.1 Å². The maximum Gasteiger partial charge on any atom is 0.261 e. The van der Waals surface area contributed by atoms with Gasteiger partial charge in [-0.25, -0.2) is 30.9 Å². The summed E-state index contributed by atoms with van der Waals surface area (Å²) >= 11 is 0. The van der Waals surface area contributed by atoms with Crippen LogP contribution in [0.25, 0.3) is 0 Å². The van der Waals surface area contributed by atoms with E-state index >= 15 is 0 Å². The van der Waals surface area contributed by atoms with E-state index in [2.05, 4.69) is 9.71 Å². The molecule has 0 aliphatic carbocycles. The molecule has 1 unspecified atom stereocenters. The summed E-state index contributed by atoms with van der Waals surface area (Å²) in [6, 6.07) is 2.29. The maximum atomic E-state index is 13.3. The second-order valence-electron chi connectivity index (χ2n) is 4.41. The molecule has 1 atom stereocenters. The smallest absolute Gasteiger partial charge is 0.241 e. The van der Waals surface area contributed by atoms with E-state index in [1.165, 1.54) is 12.3 Å². The van der Waals surface area contributed by atoms with Gasteiger partial charge < -0.3 is 0 Å². The molecule has 19 heavy (non-hydrogen) atoms. The molecule has 1 aliphatic rings. The van der Waals surface area contributed by atoms with Crippen molar-refractivity contribution >= 4 is 19.9 Å². The van der Waals surface area contributed by atoms with Crippen LogP contribution in [0.4, 0.5) is 4.39 Å². The van der Waals surface area contributed by atoms with Gasteiger partial charge in [-0.1, -0.05) is 0 Å². The quantitative estimate of drug-likeness (QED) is 0.840. The average molecular weight is 308 g/mol. The van der Waals surface area contributed by atoms with Crippen LogP contribution >= 0.6 is 0 Å². The summed E-state index contributed by atoms with van der Waals surface area (Å²) in [5.41, 5.74) is 0. The first kappa shape index (κ1) is 14.4. The average Bonchev–Trinajstić information content (AvgIpc) is 2.67. The van der Waals surface area contributed by atoms with Gasteiger partial charge in [0.1, 0.15) is 0 Å². The standard InChI is InChI=1S/C10H13FN2O4S2/c11-9-2-1-4-12-10(9)19(16,17)13-6-8-3-5-18(14,15)7-8/h1-2,4,8,13H,3,5-7H2. The summed E-state index contributed by atoms with van der Waals surface area (Å²) in [7, 11) is -7.11. The molecule has 9 heteroatoms. The highest BCUT2D eigenvalue weighted by Crippen LogP contribution is 2.18. The van der Waals surface area contributed by atoms with Crippen molar-refractivity contribution in [2.24, 2.45) is 5.92 Å². The Morgan fingerprint density at radius 2 is 2.21 bits per heavy atom. The first-order chi connectivity index (χ1) is 8.80. The van der Waals surface area contributed by atoms with Gasteiger partial charge in [0.15, 0.2) is 15.7 Å². The zero-order chi connectivity index (χ0) is 14.1. The molecule has 1 N–H and O–H groups in total. The molecule has 2 rings (SSSR count). The fraction of sp³-hybridized carbons (Fsp3) is 0.500. The van der Waals surface area contributed by atoms with Gasteiger partial charge in [0, 0.05) is 12.7 Å². The van der Waals surface area contributed by atoms with E-state index in [4.69, 9.17) is 0 Å². The normalized spacial score (nSPS) is 22.5. The van der Waals surface area contributed by atoms with Gasteiger partial charge in [-0.05, 0) is 24.5 Å². The number of halogens is 1. The molecule has 1 fully saturated rings. The molecule has 2 heterocycles. The highest BCUT2D eigenvalue weighted by atomic mass is 32.2. The number of nitrogens with one attached hydrogen (secondary N) is 1. The third-order valence-electron chi connectivity index (χ3n) is 2.87. The van der Waals surface area contributed by atoms with E-state index in [0.29, 0.717) is 6.42 Å². The number of aromatic nitrogens is 1. The molecule has 0 radical (unpaired) electrons. The molecule has 0 amide bonds. The van der Waals surface area contributed by atoms with Crippen LogP contribution in [0.5, 0.6) is 0 Å². The highest BCUT2D eigenvalue weighted by Gasteiger charge is 2.29. The molecule has 1 aromatic rings. The molecule has 0 spiro atoms. The van der Waals surface area contributed by atoms with Crippen LogP contribution in [-0.2, 0) is 19.9 Å². The van der Waals surface area contributed by atoms with E-state index in [1.54, 1.807) is 0 Å². The Balaban J connectivity index is 2.05. The topological polar surface area (TPSA) is 93.2 Å². The van der Waals surface area contributed by atoms with Crippen molar-refractivity contribution in [2.45, 2.75) is 11.4 Å². The first-order valence-electron chi connectivity index (χ1n) is 5.61. The number of rotatable bonds is 4. The van der Waals surface area contributed by atoms with E-state index in [1.807, 2.05) is 0 Å². The Kier molecular flexibility index (Phi) is 3.88. The molecule has 1 aromatic heterocycles. The van der Waals surface area contributed by atoms with Gasteiger partial charge in [-0.15, -0.1) is 0 Å². The molecule has 1 aliphatic heterocycles. The Bertz CT molecular complexity index is 673. The van der Waals surface area contributed by atoms with Crippen LogP contribution < -0.4 is 4.72 Å². The Morgan fingerprint density at radius 1 is 1.47 bits per heavy atom. The van der Waals surface area contributed by atoms with E-state index in [-0.39, 0.29) is 24.0 Å². The fourth-order valence-electron chi connectivity index (χ4n) is 1.90. The van der Waals surface area contributed by atoms with E-state index < -0.39 is 30.7 Å². The van der Waals surface area contributed by atoms with Gasteiger partial charge in [0.05, 0.1) is 11.5 Å². The van der Waals surface area contributed by atoms with Crippen molar-refractivity contribution in [1.29, 1.82) is 0 Å². The summed E-state index contributed by atoms with van der Waals surface area (Å²) in [6.07, 6.45) is 1.59. The van der Waals surface area contributed by atoms with Gasteiger partial charge in [-0.2, -0.15) is 0 Å². The van der Waals surface area contributed by atoms with Crippen molar-refractivity contribution in [3.63, 3.8) is 0 Å². The van der Waals surface area contributed by atoms with Gasteiger partial charge in [-0.3, -0.25) is 0 Å². The van der Waals surface area contributed by atoms with E-state index in [9.17, 15) is 21.2 Å². The molecule has 0 aromatic carbocycles. The number of sulfonamides is 1. The SMILES string of the molecule is O=S1(=O)CCC(CNS(=O)(=O)c2ncccc2F)C1. The van der Waals surface area contributed by atoms with Crippen molar-refractivity contribution in [3.05, 3.63) is 24.1 Å². The summed E-state index contributed by atoms with van der Waals surface area (Å²) in [6.45, 7) is -0.0302. The zero-order valence-electron chi connectivity index (χ0n) is 9.91. The Labute approximate surface area is 111 Å². The monoisotopic (exact) mass is 308 g/mol. The zero-order valence-corrected chi connectivity index (χ0v) is 11.5. The molecular weight excluding hydrogens is 295 g/mol. The van der Waals surface area contributed by atoms with Crippen LogP contribution in [0.1, 0.15) is 6.42 Å². The fourth-order valence-corrected chi connectivity index (χ4v) is 4.88. The molecule has 0 bridgehead atoms. The second kappa shape index (κ2) is 5.14. The molecule has 1 saturated heterocycles. The lowest BCUT2D eigenvalue weighted by Gasteiger charge is -2.10. The van der Waals surface area contributed by atoms with Crippen LogP contribution in [0.2, 0.25) is 0 Å². The predicted molar refractivity (Wildman–Crippen MR) is 66.1 cm³/mol. The summed E-state index contributed by atoms with van der Waals surface area (Å²) in [4.78, 5) is 3.48. The number of pyridine rings is 1. The lowest BCUT2D eigenvalue weighted by atomic mass is 10.1. The number of nitrogens with zero attached hydrogens (tertiary/aromatic N) is 1. The molecule has 6 nitrogen and oxygen atoms in total. The third kappa shape index (κ3) is 3.48. The van der Waals surface area contributed by atoms with Crippen molar-refractivity contribution in [1.82, 2.24) is 9.71 Å². The van der Waals surface area contributed by atoms with Crippen LogP contribution in [0, 0.1) is 11.7 Å². The maximum absolute atomic E-state index is 13.3. The summed E-state index contributed by atoms with van der Waals surface area (Å²) in [5.74, 6) is -1.18. The van der Waals surface area contributed by atoms with Crippen LogP contribution in [0.15, 0.2) is 23.4 Å².